The number of benzene rings is 1. The van der Waals surface area contributed by atoms with Gasteiger partial charge in [0.25, 0.3) is 6.02 Å². The highest BCUT2D eigenvalue weighted by Gasteiger charge is 2.21. The van der Waals surface area contributed by atoms with E-state index in [1.165, 1.54) is 6.92 Å². The number of nitrogens with one attached hydrogen (secondary N) is 1. The first-order valence-electron chi connectivity index (χ1n) is 4.99. The minimum atomic E-state index is -0.210. The van der Waals surface area contributed by atoms with E-state index in [0.29, 0.717) is 16.7 Å². The van der Waals surface area contributed by atoms with E-state index in [9.17, 15) is 4.79 Å². The molecule has 1 amide bonds. The maximum absolute atomic E-state index is 10.8. The van der Waals surface area contributed by atoms with E-state index >= 15 is 0 Å². The Morgan fingerprint density at radius 3 is 2.88 bits per heavy atom. The van der Waals surface area contributed by atoms with Gasteiger partial charge in [0.15, 0.2) is 0 Å². The lowest BCUT2D eigenvalue weighted by molar-refractivity contribution is -0.117. The van der Waals surface area contributed by atoms with E-state index < -0.39 is 0 Å². The number of carbonyl (C=O) groups excluding carboxylic acids is 1. The van der Waals surface area contributed by atoms with E-state index in [-0.39, 0.29) is 18.0 Å². The zero-order chi connectivity index (χ0) is 12.4. The first-order valence-corrected chi connectivity index (χ1v) is 5.75. The van der Waals surface area contributed by atoms with Crippen LogP contribution in [0.15, 0.2) is 23.2 Å². The molecule has 0 fully saturated rings. The van der Waals surface area contributed by atoms with Crippen LogP contribution in [-0.2, 0) is 9.53 Å². The number of carbonyl (C=O) groups is 1. The highest BCUT2D eigenvalue weighted by Crippen LogP contribution is 2.29. The molecule has 1 heterocycles. The van der Waals surface area contributed by atoms with Gasteiger partial charge in [-0.25, -0.2) is 4.99 Å². The lowest BCUT2D eigenvalue weighted by Gasteiger charge is -2.06. The molecule has 2 rings (SSSR count). The van der Waals surface area contributed by atoms with Crippen molar-refractivity contribution in [2.24, 2.45) is 4.99 Å². The summed E-state index contributed by atoms with van der Waals surface area (Å²) in [6.07, 6.45) is 0. The largest absolute Gasteiger partial charge is 0.462 e. The molecule has 1 aliphatic heterocycles. The van der Waals surface area contributed by atoms with Crippen LogP contribution in [0.2, 0.25) is 10.0 Å². The lowest BCUT2D eigenvalue weighted by Crippen LogP contribution is -2.27. The van der Waals surface area contributed by atoms with Crippen LogP contribution in [-0.4, -0.2) is 18.5 Å². The Hall–Kier alpha value is -1.26. The number of amidine groups is 1. The van der Waals surface area contributed by atoms with Gasteiger partial charge < -0.3 is 4.74 Å². The van der Waals surface area contributed by atoms with Gasteiger partial charge in [-0.15, -0.1) is 0 Å². The molecule has 0 aliphatic carbocycles. The number of halogens is 2. The van der Waals surface area contributed by atoms with Gasteiger partial charge in [0.05, 0.1) is 10.0 Å². The molecule has 0 saturated heterocycles. The van der Waals surface area contributed by atoms with Crippen molar-refractivity contribution in [3.8, 4) is 0 Å². The van der Waals surface area contributed by atoms with Crippen LogP contribution >= 0.6 is 23.2 Å². The second kappa shape index (κ2) is 4.94. The third-order valence-corrected chi connectivity index (χ3v) is 3.00. The fourth-order valence-electron chi connectivity index (χ4n) is 1.48. The molecule has 1 aromatic carbocycles. The average molecular weight is 273 g/mol. The van der Waals surface area contributed by atoms with Crippen molar-refractivity contribution in [2.45, 2.75) is 13.0 Å². The van der Waals surface area contributed by atoms with E-state index in [2.05, 4.69) is 10.3 Å². The molecule has 0 aromatic heterocycles. The summed E-state index contributed by atoms with van der Waals surface area (Å²) in [4.78, 5) is 15.1. The quantitative estimate of drug-likeness (QED) is 0.854. The van der Waals surface area contributed by atoms with Crippen LogP contribution in [0.3, 0.4) is 0 Å². The van der Waals surface area contributed by atoms with Crippen LogP contribution in [0.25, 0.3) is 0 Å². The van der Waals surface area contributed by atoms with E-state index in [0.717, 1.165) is 5.56 Å². The zero-order valence-corrected chi connectivity index (χ0v) is 10.5. The second-order valence-electron chi connectivity index (χ2n) is 3.62. The summed E-state index contributed by atoms with van der Waals surface area (Å²) in [5, 5.41) is 3.48. The summed E-state index contributed by atoms with van der Waals surface area (Å²) in [6.45, 7) is 1.78. The van der Waals surface area contributed by atoms with Gasteiger partial charge >= 0.3 is 0 Å². The molecule has 1 N–H and O–H groups in total. The molecule has 1 atom stereocenters. The zero-order valence-electron chi connectivity index (χ0n) is 9.04. The predicted molar refractivity (Wildman–Crippen MR) is 66.4 cm³/mol. The summed E-state index contributed by atoms with van der Waals surface area (Å²) in [5.74, 6) is -0.210. The molecule has 17 heavy (non-hydrogen) atoms. The molecule has 90 valence electrons. The summed E-state index contributed by atoms with van der Waals surface area (Å²) in [5.41, 5.74) is 0.903. The van der Waals surface area contributed by atoms with Crippen molar-refractivity contribution in [3.05, 3.63) is 33.8 Å². The van der Waals surface area contributed by atoms with Crippen LogP contribution in [0.4, 0.5) is 0 Å². The van der Waals surface area contributed by atoms with Crippen molar-refractivity contribution in [3.63, 3.8) is 0 Å². The molecule has 1 aliphatic rings. The van der Waals surface area contributed by atoms with Crippen molar-refractivity contribution >= 4 is 35.1 Å². The van der Waals surface area contributed by atoms with Crippen LogP contribution in [0, 0.1) is 0 Å². The average Bonchev–Trinajstić information content (AvgIpc) is 2.69. The van der Waals surface area contributed by atoms with Gasteiger partial charge in [-0.05, 0) is 17.7 Å². The smallest absolute Gasteiger partial charge is 0.292 e. The Balaban J connectivity index is 2.16. The minimum Gasteiger partial charge on any atom is -0.462 e. The predicted octanol–water partition coefficient (Wildman–Crippen LogP) is 2.56. The summed E-state index contributed by atoms with van der Waals surface area (Å²) in [7, 11) is 0. The molecular weight excluding hydrogens is 263 g/mol. The number of nitrogens with zero attached hydrogens (tertiary/aromatic N) is 1. The molecule has 0 saturated carbocycles. The summed E-state index contributed by atoms with van der Waals surface area (Å²) >= 11 is 11.8. The minimum absolute atomic E-state index is 0.161. The monoisotopic (exact) mass is 272 g/mol. The number of amides is 1. The molecule has 4 nitrogen and oxygen atoms in total. The first kappa shape index (κ1) is 12.2. The number of hydrogen-bond acceptors (Lipinski definition) is 3. The highest BCUT2D eigenvalue weighted by atomic mass is 35.5. The van der Waals surface area contributed by atoms with Gasteiger partial charge in [-0.3, -0.25) is 10.1 Å². The number of rotatable bonds is 1. The van der Waals surface area contributed by atoms with Crippen LogP contribution in [0.5, 0.6) is 0 Å². The van der Waals surface area contributed by atoms with E-state index in [1.807, 2.05) is 6.07 Å². The van der Waals surface area contributed by atoms with E-state index in [1.54, 1.807) is 12.1 Å². The topological polar surface area (TPSA) is 50.7 Å². The summed E-state index contributed by atoms with van der Waals surface area (Å²) < 4.78 is 5.24. The lowest BCUT2D eigenvalue weighted by atomic mass is 10.1. The molecule has 6 heteroatoms. The maximum atomic E-state index is 10.8. The van der Waals surface area contributed by atoms with Gasteiger partial charge in [0.2, 0.25) is 5.91 Å². The maximum Gasteiger partial charge on any atom is 0.292 e. The Kier molecular flexibility index (Phi) is 3.54. The number of ether oxygens (including phenoxy) is 1. The van der Waals surface area contributed by atoms with Crippen LogP contribution < -0.4 is 5.32 Å². The Morgan fingerprint density at radius 2 is 2.24 bits per heavy atom. The second-order valence-corrected chi connectivity index (χ2v) is 4.43. The third-order valence-electron chi connectivity index (χ3n) is 2.26. The fraction of sp³-hybridized carbons (Fsp3) is 0.273. The first-order chi connectivity index (χ1) is 8.06. The van der Waals surface area contributed by atoms with E-state index in [4.69, 9.17) is 27.9 Å². The fourth-order valence-corrected chi connectivity index (χ4v) is 1.79. The normalized spacial score (nSPS) is 18.5. The van der Waals surface area contributed by atoms with Crippen molar-refractivity contribution in [1.82, 2.24) is 5.32 Å². The van der Waals surface area contributed by atoms with Gasteiger partial charge in [-0.1, -0.05) is 29.3 Å². The summed E-state index contributed by atoms with van der Waals surface area (Å²) in [6, 6.07) is 5.38. The van der Waals surface area contributed by atoms with Gasteiger partial charge in [0.1, 0.15) is 12.6 Å². The SMILES string of the molecule is CC(=O)NC1=N[C@@H](c2ccc(Cl)c(Cl)c2)CO1. The Bertz CT molecular complexity index is 488. The van der Waals surface area contributed by atoms with Gasteiger partial charge in [0, 0.05) is 6.92 Å². The molecule has 0 bridgehead atoms. The molecule has 1 aromatic rings. The van der Waals surface area contributed by atoms with Crippen molar-refractivity contribution < 1.29 is 9.53 Å². The molecule has 0 unspecified atom stereocenters. The van der Waals surface area contributed by atoms with Crippen molar-refractivity contribution in [2.75, 3.05) is 6.61 Å². The standard InChI is InChI=1S/C11H10Cl2N2O2/c1-6(16)14-11-15-10(5-17-11)7-2-3-8(12)9(13)4-7/h2-4,10H,5H2,1H3,(H,14,15,16)/t10-/m1/s1. The highest BCUT2D eigenvalue weighted by molar-refractivity contribution is 6.42. The number of hydrogen-bond donors (Lipinski definition) is 1. The Morgan fingerprint density at radius 1 is 1.47 bits per heavy atom. The third kappa shape index (κ3) is 2.90. The number of aliphatic imine (C=N–C) groups is 1. The van der Waals surface area contributed by atoms with Gasteiger partial charge in [-0.2, -0.15) is 0 Å². The van der Waals surface area contributed by atoms with Crippen LogP contribution in [0.1, 0.15) is 18.5 Å². The molecule has 0 spiro atoms. The Labute approximate surface area is 109 Å². The van der Waals surface area contributed by atoms with Crippen molar-refractivity contribution in [1.29, 1.82) is 0 Å². The molecule has 0 radical (unpaired) electrons. The molecular formula is C11H10Cl2N2O2.